The first kappa shape index (κ1) is 14.6. The number of pyridine rings is 1. The molecular weight excluding hydrogens is 258 g/mol. The molecule has 0 aromatic carbocycles. The van der Waals surface area contributed by atoms with Crippen molar-refractivity contribution in [1.82, 2.24) is 9.88 Å². The number of hydrogen-bond acceptors (Lipinski definition) is 3. The number of rotatable bonds is 4. The van der Waals surface area contributed by atoms with Crippen molar-refractivity contribution in [1.29, 1.82) is 0 Å². The Morgan fingerprint density at radius 2 is 2.00 bits per heavy atom. The predicted molar refractivity (Wildman–Crippen MR) is 81.2 cm³/mol. The maximum absolute atomic E-state index is 6.18. The Bertz CT molecular complexity index is 414. The Morgan fingerprint density at radius 3 is 2.63 bits per heavy atom. The highest BCUT2D eigenvalue weighted by Crippen LogP contribution is 2.30. The molecule has 0 radical (unpaired) electrons. The zero-order chi connectivity index (χ0) is 13.8. The highest BCUT2D eigenvalue weighted by Gasteiger charge is 2.23. The molecule has 0 spiro atoms. The van der Waals surface area contributed by atoms with Gasteiger partial charge in [0.25, 0.3) is 0 Å². The van der Waals surface area contributed by atoms with E-state index in [4.69, 9.17) is 17.3 Å². The molecular formula is C15H24ClN3. The van der Waals surface area contributed by atoms with Crippen LogP contribution < -0.4 is 5.73 Å². The SMILES string of the molecule is CCC1CCC(N(C)Cc2nc(N)ccc2Cl)CC1. The summed E-state index contributed by atoms with van der Waals surface area (Å²) in [6.07, 6.45) is 6.59. The van der Waals surface area contributed by atoms with Crippen LogP contribution in [-0.2, 0) is 6.54 Å². The third-order valence-corrected chi connectivity index (χ3v) is 4.70. The van der Waals surface area contributed by atoms with Crippen molar-refractivity contribution in [2.24, 2.45) is 5.92 Å². The first-order valence-corrected chi connectivity index (χ1v) is 7.59. The second-order valence-electron chi connectivity index (χ2n) is 5.66. The fraction of sp³-hybridized carbons (Fsp3) is 0.667. The molecule has 0 bridgehead atoms. The monoisotopic (exact) mass is 281 g/mol. The number of nitrogens with two attached hydrogens (primary N) is 1. The molecule has 1 heterocycles. The van der Waals surface area contributed by atoms with Gasteiger partial charge in [0.1, 0.15) is 5.82 Å². The third-order valence-electron chi connectivity index (χ3n) is 4.36. The summed E-state index contributed by atoms with van der Waals surface area (Å²) in [6, 6.07) is 4.24. The quantitative estimate of drug-likeness (QED) is 0.915. The number of halogens is 1. The van der Waals surface area contributed by atoms with Crippen LogP contribution >= 0.6 is 11.6 Å². The van der Waals surface area contributed by atoms with Crippen LogP contribution in [0.15, 0.2) is 12.1 Å². The molecule has 0 atom stereocenters. The van der Waals surface area contributed by atoms with Crippen molar-refractivity contribution in [3.63, 3.8) is 0 Å². The number of nitrogen functional groups attached to an aromatic ring is 1. The molecule has 0 saturated heterocycles. The molecule has 0 amide bonds. The van der Waals surface area contributed by atoms with Gasteiger partial charge in [0.15, 0.2) is 0 Å². The van der Waals surface area contributed by atoms with Gasteiger partial charge < -0.3 is 5.73 Å². The van der Waals surface area contributed by atoms with Gasteiger partial charge in [-0.1, -0.05) is 24.9 Å². The van der Waals surface area contributed by atoms with Gasteiger partial charge in [0, 0.05) is 12.6 Å². The van der Waals surface area contributed by atoms with Crippen LogP contribution in [0, 0.1) is 5.92 Å². The average Bonchev–Trinajstić information content (AvgIpc) is 2.43. The number of anilines is 1. The summed E-state index contributed by atoms with van der Waals surface area (Å²) in [6.45, 7) is 3.08. The van der Waals surface area contributed by atoms with Crippen LogP contribution in [0.1, 0.15) is 44.7 Å². The molecule has 1 aromatic heterocycles. The minimum absolute atomic E-state index is 0.544. The zero-order valence-corrected chi connectivity index (χ0v) is 12.7. The number of aromatic nitrogens is 1. The maximum Gasteiger partial charge on any atom is 0.123 e. The van der Waals surface area contributed by atoms with E-state index in [1.54, 1.807) is 6.07 Å². The standard InChI is InChI=1S/C15H24ClN3/c1-3-11-4-6-12(7-5-11)19(2)10-14-13(16)8-9-15(17)18-14/h8-9,11-12H,3-7,10H2,1-2H3,(H2,17,18). The summed E-state index contributed by atoms with van der Waals surface area (Å²) in [5, 5.41) is 0.711. The minimum atomic E-state index is 0.544. The van der Waals surface area contributed by atoms with Gasteiger partial charge in [-0.2, -0.15) is 0 Å². The lowest BCUT2D eigenvalue weighted by Gasteiger charge is -2.34. The second kappa shape index (κ2) is 6.58. The lowest BCUT2D eigenvalue weighted by molar-refractivity contribution is 0.156. The predicted octanol–water partition coefficient (Wildman–Crippen LogP) is 3.72. The van der Waals surface area contributed by atoms with Gasteiger partial charge in [-0.05, 0) is 50.8 Å². The minimum Gasteiger partial charge on any atom is -0.384 e. The Kier molecular flexibility index (Phi) is 5.06. The molecule has 1 aliphatic carbocycles. The van der Waals surface area contributed by atoms with Crippen molar-refractivity contribution >= 4 is 17.4 Å². The van der Waals surface area contributed by atoms with Crippen LogP contribution in [0.5, 0.6) is 0 Å². The molecule has 19 heavy (non-hydrogen) atoms. The van der Waals surface area contributed by atoms with Crippen molar-refractivity contribution in [3.05, 3.63) is 22.8 Å². The normalized spacial score (nSPS) is 23.8. The number of nitrogens with zero attached hydrogens (tertiary/aromatic N) is 2. The van der Waals surface area contributed by atoms with Crippen molar-refractivity contribution in [3.8, 4) is 0 Å². The number of hydrogen-bond donors (Lipinski definition) is 1. The van der Waals surface area contributed by atoms with Gasteiger partial charge in [0.2, 0.25) is 0 Å². The van der Waals surface area contributed by atoms with Gasteiger partial charge in [-0.15, -0.1) is 0 Å². The topological polar surface area (TPSA) is 42.2 Å². The lowest BCUT2D eigenvalue weighted by atomic mass is 9.84. The smallest absolute Gasteiger partial charge is 0.123 e. The van der Waals surface area contributed by atoms with E-state index >= 15 is 0 Å². The van der Waals surface area contributed by atoms with Crippen LogP contribution in [0.3, 0.4) is 0 Å². The molecule has 106 valence electrons. The van der Waals surface area contributed by atoms with Gasteiger partial charge in [-0.3, -0.25) is 4.90 Å². The summed E-state index contributed by atoms with van der Waals surface area (Å²) < 4.78 is 0. The first-order chi connectivity index (χ1) is 9.10. The van der Waals surface area contributed by atoms with E-state index in [0.29, 0.717) is 16.9 Å². The van der Waals surface area contributed by atoms with E-state index in [1.165, 1.54) is 32.1 Å². The Balaban J connectivity index is 1.94. The highest BCUT2D eigenvalue weighted by molar-refractivity contribution is 6.31. The van der Waals surface area contributed by atoms with Gasteiger partial charge >= 0.3 is 0 Å². The van der Waals surface area contributed by atoms with E-state index in [-0.39, 0.29) is 0 Å². The summed E-state index contributed by atoms with van der Waals surface area (Å²) in [5.41, 5.74) is 6.62. The fourth-order valence-electron chi connectivity index (χ4n) is 2.97. The highest BCUT2D eigenvalue weighted by atomic mass is 35.5. The summed E-state index contributed by atoms with van der Waals surface area (Å²) >= 11 is 6.18. The molecule has 1 fully saturated rings. The molecule has 2 rings (SSSR count). The molecule has 4 heteroatoms. The van der Waals surface area contributed by atoms with E-state index in [2.05, 4.69) is 23.9 Å². The van der Waals surface area contributed by atoms with Crippen LogP contribution in [0.25, 0.3) is 0 Å². The lowest BCUT2D eigenvalue weighted by Crippen LogP contribution is -2.35. The van der Waals surface area contributed by atoms with Crippen molar-refractivity contribution < 1.29 is 0 Å². The van der Waals surface area contributed by atoms with Crippen LogP contribution in [0.4, 0.5) is 5.82 Å². The zero-order valence-electron chi connectivity index (χ0n) is 11.9. The van der Waals surface area contributed by atoms with Gasteiger partial charge in [-0.25, -0.2) is 4.98 Å². The molecule has 1 aliphatic rings. The van der Waals surface area contributed by atoms with E-state index in [1.807, 2.05) is 6.07 Å². The Morgan fingerprint density at radius 1 is 1.32 bits per heavy atom. The maximum atomic E-state index is 6.18. The van der Waals surface area contributed by atoms with E-state index < -0.39 is 0 Å². The van der Waals surface area contributed by atoms with Crippen molar-refractivity contribution in [2.45, 2.75) is 51.6 Å². The van der Waals surface area contributed by atoms with Crippen LogP contribution in [0.2, 0.25) is 5.02 Å². The van der Waals surface area contributed by atoms with Gasteiger partial charge in [0.05, 0.1) is 10.7 Å². The second-order valence-corrected chi connectivity index (χ2v) is 6.07. The van der Waals surface area contributed by atoms with E-state index in [9.17, 15) is 0 Å². The Labute approximate surface area is 121 Å². The summed E-state index contributed by atoms with van der Waals surface area (Å²) in [4.78, 5) is 6.72. The third kappa shape index (κ3) is 3.83. The summed E-state index contributed by atoms with van der Waals surface area (Å²) in [7, 11) is 2.16. The largest absolute Gasteiger partial charge is 0.384 e. The average molecular weight is 282 g/mol. The Hall–Kier alpha value is -0.800. The molecule has 2 N–H and O–H groups in total. The molecule has 0 unspecified atom stereocenters. The first-order valence-electron chi connectivity index (χ1n) is 7.21. The molecule has 3 nitrogen and oxygen atoms in total. The van der Waals surface area contributed by atoms with Crippen molar-refractivity contribution in [2.75, 3.05) is 12.8 Å². The van der Waals surface area contributed by atoms with Crippen LogP contribution in [-0.4, -0.2) is 23.0 Å². The summed E-state index contributed by atoms with van der Waals surface area (Å²) in [5.74, 6) is 1.47. The fourth-order valence-corrected chi connectivity index (χ4v) is 3.14. The molecule has 0 aliphatic heterocycles. The molecule has 1 aromatic rings. The van der Waals surface area contributed by atoms with E-state index in [0.717, 1.165) is 18.2 Å². The molecule has 1 saturated carbocycles.